The molecule has 5 heteroatoms. The summed E-state index contributed by atoms with van der Waals surface area (Å²) in [7, 11) is 0. The van der Waals surface area contributed by atoms with Crippen LogP contribution in [0, 0.1) is 5.41 Å². The molecule has 5 nitrogen and oxygen atoms in total. The molecule has 2 atom stereocenters. The zero-order chi connectivity index (χ0) is 17.0. The number of hydrogen-bond donors (Lipinski definition) is 2. The Hall–Kier alpha value is -1.43. The number of carbonyl (C=O) groups is 1. The van der Waals surface area contributed by atoms with Gasteiger partial charge in [-0.3, -0.25) is 4.79 Å². The first-order valence-corrected chi connectivity index (χ1v) is 9.01. The third kappa shape index (κ3) is 3.63. The van der Waals surface area contributed by atoms with E-state index in [0.717, 1.165) is 44.6 Å². The van der Waals surface area contributed by atoms with Crippen molar-refractivity contribution in [2.45, 2.75) is 44.8 Å². The summed E-state index contributed by atoms with van der Waals surface area (Å²) in [6.45, 7) is 5.35. The number of piperidine rings is 1. The van der Waals surface area contributed by atoms with E-state index < -0.39 is 0 Å². The Morgan fingerprint density at radius 1 is 1.33 bits per heavy atom. The second-order valence-electron chi connectivity index (χ2n) is 6.93. The normalized spacial score (nSPS) is 26.1. The van der Waals surface area contributed by atoms with Crippen LogP contribution < -0.4 is 5.32 Å². The lowest BCUT2D eigenvalue weighted by Gasteiger charge is -2.56. The van der Waals surface area contributed by atoms with E-state index in [-0.39, 0.29) is 23.5 Å². The number of ether oxygens (including phenoxy) is 1. The van der Waals surface area contributed by atoms with Gasteiger partial charge in [-0.2, -0.15) is 0 Å². The molecule has 2 fully saturated rings. The van der Waals surface area contributed by atoms with Gasteiger partial charge < -0.3 is 20.1 Å². The van der Waals surface area contributed by atoms with Gasteiger partial charge in [-0.1, -0.05) is 18.2 Å². The topological polar surface area (TPSA) is 61.8 Å². The largest absolute Gasteiger partial charge is 0.392 e. The third-order valence-corrected chi connectivity index (χ3v) is 5.61. The van der Waals surface area contributed by atoms with Gasteiger partial charge in [0.25, 0.3) is 0 Å². The molecule has 1 aliphatic heterocycles. The number of aliphatic hydroxyl groups excluding tert-OH is 1. The van der Waals surface area contributed by atoms with E-state index in [9.17, 15) is 9.90 Å². The van der Waals surface area contributed by atoms with Gasteiger partial charge in [0.15, 0.2) is 0 Å². The van der Waals surface area contributed by atoms with E-state index in [1.165, 1.54) is 0 Å². The summed E-state index contributed by atoms with van der Waals surface area (Å²) in [5, 5.41) is 13.2. The van der Waals surface area contributed by atoms with Crippen LogP contribution in [0.25, 0.3) is 0 Å². The smallest absolute Gasteiger partial charge is 0.225 e. The summed E-state index contributed by atoms with van der Waals surface area (Å²) in [6.07, 6.45) is 3.17. The number of nitrogens with zero attached hydrogens (tertiary/aromatic N) is 1. The fraction of sp³-hybridized carbons (Fsp3) is 0.632. The minimum absolute atomic E-state index is 0.0428. The summed E-state index contributed by atoms with van der Waals surface area (Å²) >= 11 is 0. The first kappa shape index (κ1) is 17.4. The fourth-order valence-corrected chi connectivity index (χ4v) is 4.01. The molecule has 24 heavy (non-hydrogen) atoms. The number of benzene rings is 1. The number of nitrogens with one attached hydrogen (secondary N) is 1. The maximum absolute atomic E-state index is 12.0. The molecule has 1 aromatic rings. The Morgan fingerprint density at radius 3 is 2.67 bits per heavy atom. The molecule has 0 radical (unpaired) electrons. The lowest BCUT2D eigenvalue weighted by molar-refractivity contribution is -0.209. The van der Waals surface area contributed by atoms with E-state index >= 15 is 0 Å². The Balaban J connectivity index is 1.42. The van der Waals surface area contributed by atoms with Gasteiger partial charge in [-0.05, 0) is 45.0 Å². The number of likely N-dealkylation sites (tertiary alicyclic amines) is 1. The van der Waals surface area contributed by atoms with Crippen molar-refractivity contribution in [2.24, 2.45) is 5.41 Å². The average molecular weight is 332 g/mol. The SMILES string of the molecule is CCOC1CC(O)C12CCN(CCC(=O)Nc1ccccc1)CC2. The molecule has 132 valence electrons. The highest BCUT2D eigenvalue weighted by atomic mass is 16.5. The molecule has 1 spiro atoms. The molecule has 0 bridgehead atoms. The lowest BCUT2D eigenvalue weighted by atomic mass is 9.58. The summed E-state index contributed by atoms with van der Waals surface area (Å²) in [6, 6.07) is 9.56. The minimum atomic E-state index is -0.224. The van der Waals surface area contributed by atoms with Crippen molar-refractivity contribution in [3.8, 4) is 0 Å². The molecule has 1 heterocycles. The monoisotopic (exact) mass is 332 g/mol. The standard InChI is InChI=1S/C19H28N2O3/c1-2-24-17-14-16(22)19(17)9-12-21(13-10-19)11-8-18(23)20-15-6-4-3-5-7-15/h3-7,16-17,22H,2,8-14H2,1H3,(H,20,23). The maximum Gasteiger partial charge on any atom is 0.225 e. The maximum atomic E-state index is 12.0. The van der Waals surface area contributed by atoms with Gasteiger partial charge in [0.2, 0.25) is 5.91 Å². The Bertz CT molecular complexity index is 539. The van der Waals surface area contributed by atoms with E-state index in [2.05, 4.69) is 10.2 Å². The van der Waals surface area contributed by atoms with E-state index in [1.807, 2.05) is 37.3 Å². The molecular formula is C19H28N2O3. The van der Waals surface area contributed by atoms with Crippen LogP contribution in [0.2, 0.25) is 0 Å². The molecule has 1 amide bonds. The second-order valence-corrected chi connectivity index (χ2v) is 6.93. The van der Waals surface area contributed by atoms with Crippen molar-refractivity contribution in [2.75, 3.05) is 31.6 Å². The summed E-state index contributed by atoms with van der Waals surface area (Å²) in [5.41, 5.74) is 0.802. The van der Waals surface area contributed by atoms with Crippen molar-refractivity contribution >= 4 is 11.6 Å². The molecule has 1 aromatic carbocycles. The Labute approximate surface area is 144 Å². The molecule has 1 saturated carbocycles. The van der Waals surface area contributed by atoms with Crippen molar-refractivity contribution in [1.29, 1.82) is 0 Å². The van der Waals surface area contributed by atoms with Gasteiger partial charge in [-0.25, -0.2) is 0 Å². The number of carbonyl (C=O) groups excluding carboxylic acids is 1. The van der Waals surface area contributed by atoms with E-state index in [0.29, 0.717) is 13.0 Å². The highest BCUT2D eigenvalue weighted by molar-refractivity contribution is 5.90. The third-order valence-electron chi connectivity index (χ3n) is 5.61. The molecule has 2 aliphatic rings. The Kier molecular flexibility index (Phi) is 5.54. The predicted molar refractivity (Wildman–Crippen MR) is 93.8 cm³/mol. The van der Waals surface area contributed by atoms with E-state index in [4.69, 9.17) is 4.74 Å². The molecule has 0 aromatic heterocycles. The summed E-state index contributed by atoms with van der Waals surface area (Å²) < 4.78 is 5.80. The van der Waals surface area contributed by atoms with Gasteiger partial charge in [0.05, 0.1) is 12.2 Å². The quantitative estimate of drug-likeness (QED) is 0.839. The zero-order valence-electron chi connectivity index (χ0n) is 14.4. The van der Waals surface area contributed by atoms with Crippen LogP contribution in [0.5, 0.6) is 0 Å². The van der Waals surface area contributed by atoms with Crippen LogP contribution in [0.1, 0.15) is 32.6 Å². The predicted octanol–water partition coefficient (Wildman–Crippen LogP) is 2.27. The van der Waals surface area contributed by atoms with Gasteiger partial charge in [0.1, 0.15) is 0 Å². The number of aliphatic hydroxyl groups is 1. The number of anilines is 1. The number of amides is 1. The van der Waals surface area contributed by atoms with E-state index in [1.54, 1.807) is 0 Å². The zero-order valence-corrected chi connectivity index (χ0v) is 14.4. The first-order chi connectivity index (χ1) is 11.6. The molecule has 2 unspecified atom stereocenters. The number of rotatable bonds is 6. The summed E-state index contributed by atoms with van der Waals surface area (Å²) in [5.74, 6) is 0.0531. The van der Waals surface area contributed by atoms with Crippen LogP contribution in [-0.4, -0.2) is 54.4 Å². The number of hydrogen-bond acceptors (Lipinski definition) is 4. The fourth-order valence-electron chi connectivity index (χ4n) is 4.01. The number of para-hydroxylation sites is 1. The lowest BCUT2D eigenvalue weighted by Crippen LogP contribution is -2.62. The van der Waals surface area contributed by atoms with Gasteiger partial charge in [0, 0.05) is 37.1 Å². The molecular weight excluding hydrogens is 304 g/mol. The van der Waals surface area contributed by atoms with Crippen molar-refractivity contribution in [1.82, 2.24) is 4.90 Å². The van der Waals surface area contributed by atoms with Crippen molar-refractivity contribution in [3.63, 3.8) is 0 Å². The molecule has 1 saturated heterocycles. The van der Waals surface area contributed by atoms with Gasteiger partial charge >= 0.3 is 0 Å². The van der Waals surface area contributed by atoms with Crippen LogP contribution >= 0.6 is 0 Å². The van der Waals surface area contributed by atoms with Crippen molar-refractivity contribution in [3.05, 3.63) is 30.3 Å². The minimum Gasteiger partial charge on any atom is -0.392 e. The summed E-state index contributed by atoms with van der Waals surface area (Å²) in [4.78, 5) is 14.4. The van der Waals surface area contributed by atoms with Crippen LogP contribution in [0.3, 0.4) is 0 Å². The molecule has 3 rings (SSSR count). The van der Waals surface area contributed by atoms with Crippen molar-refractivity contribution < 1.29 is 14.6 Å². The van der Waals surface area contributed by atoms with Crippen LogP contribution in [-0.2, 0) is 9.53 Å². The second kappa shape index (κ2) is 7.64. The Morgan fingerprint density at radius 2 is 2.04 bits per heavy atom. The van der Waals surface area contributed by atoms with Crippen LogP contribution in [0.4, 0.5) is 5.69 Å². The average Bonchev–Trinajstić information content (AvgIpc) is 2.61. The van der Waals surface area contributed by atoms with Gasteiger partial charge in [-0.15, -0.1) is 0 Å². The highest BCUT2D eigenvalue weighted by Crippen LogP contribution is 2.50. The molecule has 2 N–H and O–H groups in total. The van der Waals surface area contributed by atoms with Crippen LogP contribution in [0.15, 0.2) is 30.3 Å². The highest BCUT2D eigenvalue weighted by Gasteiger charge is 2.55. The first-order valence-electron chi connectivity index (χ1n) is 9.01. The molecule has 1 aliphatic carbocycles.